The van der Waals surface area contributed by atoms with Crippen LogP contribution in [0.3, 0.4) is 0 Å². The lowest BCUT2D eigenvalue weighted by molar-refractivity contribution is -0.125. The van der Waals surface area contributed by atoms with Gasteiger partial charge in [-0.3, -0.25) is 14.4 Å². The van der Waals surface area contributed by atoms with E-state index < -0.39 is 11.9 Å². The summed E-state index contributed by atoms with van der Waals surface area (Å²) in [5.41, 5.74) is 0.832. The van der Waals surface area contributed by atoms with E-state index in [-0.39, 0.29) is 18.2 Å². The molecule has 0 saturated heterocycles. The number of para-hydroxylation sites is 1. The number of carbonyl (C=O) groups is 3. The molecule has 0 fully saturated rings. The van der Waals surface area contributed by atoms with Crippen LogP contribution >= 0.6 is 0 Å². The average Bonchev–Trinajstić information content (AvgIpc) is 2.55. The number of fused-ring (bicyclic) bond motifs is 1. The number of hydrogen-bond acceptors (Lipinski definition) is 3. The topological polar surface area (TPSA) is 87.3 Å². The molecule has 0 spiro atoms. The van der Waals surface area contributed by atoms with E-state index >= 15 is 0 Å². The number of hydrogen-bond donors (Lipinski definition) is 3. The minimum Gasteiger partial charge on any atom is -0.353 e. The van der Waals surface area contributed by atoms with Crippen molar-refractivity contribution in [1.29, 1.82) is 0 Å². The van der Waals surface area contributed by atoms with Crippen LogP contribution in [0.25, 0.3) is 0 Å². The highest BCUT2D eigenvalue weighted by Gasteiger charge is 2.29. The molecule has 1 heterocycles. The highest BCUT2D eigenvalue weighted by Crippen LogP contribution is 2.18. The van der Waals surface area contributed by atoms with Gasteiger partial charge >= 0.3 is 0 Å². The molecule has 0 unspecified atom stereocenters. The smallest absolute Gasteiger partial charge is 0.254 e. The minimum atomic E-state index is -0.889. The zero-order valence-corrected chi connectivity index (χ0v) is 10.8. The second-order valence-electron chi connectivity index (χ2n) is 4.36. The van der Waals surface area contributed by atoms with Crippen molar-refractivity contribution >= 4 is 23.4 Å². The predicted molar refractivity (Wildman–Crippen MR) is 74.1 cm³/mol. The number of anilines is 1. The molecule has 1 aliphatic heterocycles. The summed E-state index contributed by atoms with van der Waals surface area (Å²) in [6.45, 7) is 3.81. The van der Waals surface area contributed by atoms with Crippen LogP contribution in [0.4, 0.5) is 5.69 Å². The second-order valence-corrected chi connectivity index (χ2v) is 4.36. The zero-order chi connectivity index (χ0) is 14.5. The number of rotatable bonds is 4. The van der Waals surface area contributed by atoms with Gasteiger partial charge in [-0.05, 0) is 12.1 Å². The molecular formula is C14H15N3O3. The Labute approximate surface area is 116 Å². The van der Waals surface area contributed by atoms with Gasteiger partial charge in [0.15, 0.2) is 0 Å². The van der Waals surface area contributed by atoms with E-state index in [1.807, 2.05) is 0 Å². The molecule has 3 N–H and O–H groups in total. The Hall–Kier alpha value is -2.63. The van der Waals surface area contributed by atoms with Gasteiger partial charge < -0.3 is 16.0 Å². The first-order valence-electron chi connectivity index (χ1n) is 6.20. The molecule has 20 heavy (non-hydrogen) atoms. The number of benzene rings is 1. The van der Waals surface area contributed by atoms with Gasteiger partial charge in [-0.1, -0.05) is 18.2 Å². The quantitative estimate of drug-likeness (QED) is 0.695. The van der Waals surface area contributed by atoms with Gasteiger partial charge in [0.05, 0.1) is 17.7 Å². The predicted octanol–water partition coefficient (Wildman–Crippen LogP) is 0.429. The Morgan fingerprint density at radius 3 is 2.85 bits per heavy atom. The van der Waals surface area contributed by atoms with Crippen LogP contribution in [-0.2, 0) is 9.59 Å². The molecule has 2 rings (SSSR count). The molecule has 0 bridgehead atoms. The molecule has 6 heteroatoms. The third kappa shape index (κ3) is 3.03. The number of nitrogens with one attached hydrogen (secondary N) is 3. The van der Waals surface area contributed by atoms with Crippen molar-refractivity contribution in [2.24, 2.45) is 0 Å². The highest BCUT2D eigenvalue weighted by atomic mass is 16.2. The van der Waals surface area contributed by atoms with Gasteiger partial charge in [-0.25, -0.2) is 0 Å². The van der Waals surface area contributed by atoms with E-state index in [2.05, 4.69) is 22.5 Å². The molecule has 0 radical (unpaired) electrons. The molecule has 1 atom stereocenters. The molecule has 0 aromatic heterocycles. The van der Waals surface area contributed by atoms with Crippen molar-refractivity contribution in [3.63, 3.8) is 0 Å². The summed E-state index contributed by atoms with van der Waals surface area (Å²) in [5.74, 6) is -1.10. The van der Waals surface area contributed by atoms with Crippen LogP contribution in [0.1, 0.15) is 16.8 Å². The maximum absolute atomic E-state index is 12.0. The van der Waals surface area contributed by atoms with Crippen LogP contribution < -0.4 is 16.0 Å². The molecule has 1 aliphatic rings. The molecule has 104 valence electrons. The highest BCUT2D eigenvalue weighted by molar-refractivity contribution is 6.10. The van der Waals surface area contributed by atoms with Gasteiger partial charge in [-0.15, -0.1) is 6.58 Å². The van der Waals surface area contributed by atoms with Gasteiger partial charge in [0, 0.05) is 6.54 Å². The SMILES string of the molecule is C=CCNC(=O)C[C@@H]1NC(=O)c2ccccc2NC1=O. The monoisotopic (exact) mass is 273 g/mol. The van der Waals surface area contributed by atoms with Crippen molar-refractivity contribution in [3.8, 4) is 0 Å². The van der Waals surface area contributed by atoms with Gasteiger partial charge in [-0.2, -0.15) is 0 Å². The Kier molecular flexibility index (Phi) is 4.14. The average molecular weight is 273 g/mol. The van der Waals surface area contributed by atoms with Crippen LogP contribution in [0.5, 0.6) is 0 Å². The summed E-state index contributed by atoms with van der Waals surface area (Å²) in [6, 6.07) is 5.81. The van der Waals surface area contributed by atoms with Crippen LogP contribution in [0, 0.1) is 0 Å². The largest absolute Gasteiger partial charge is 0.353 e. The summed E-state index contributed by atoms with van der Waals surface area (Å²) in [7, 11) is 0. The molecule has 3 amide bonds. The van der Waals surface area contributed by atoms with Crippen LogP contribution in [0.15, 0.2) is 36.9 Å². The second kappa shape index (κ2) is 6.01. The third-order valence-corrected chi connectivity index (χ3v) is 2.88. The van der Waals surface area contributed by atoms with E-state index in [4.69, 9.17) is 0 Å². The third-order valence-electron chi connectivity index (χ3n) is 2.88. The Morgan fingerprint density at radius 2 is 2.10 bits per heavy atom. The lowest BCUT2D eigenvalue weighted by Gasteiger charge is -2.13. The first-order chi connectivity index (χ1) is 9.61. The van der Waals surface area contributed by atoms with E-state index in [1.165, 1.54) is 0 Å². The van der Waals surface area contributed by atoms with Crippen LogP contribution in [0.2, 0.25) is 0 Å². The van der Waals surface area contributed by atoms with E-state index in [9.17, 15) is 14.4 Å². The summed E-state index contributed by atoms with van der Waals surface area (Å²) in [6.07, 6.45) is 1.43. The summed E-state index contributed by atoms with van der Waals surface area (Å²) in [5, 5.41) is 7.76. The number of carbonyl (C=O) groups excluding carboxylic acids is 3. The van der Waals surface area contributed by atoms with E-state index in [0.717, 1.165) is 0 Å². The fourth-order valence-electron chi connectivity index (χ4n) is 1.90. The molecular weight excluding hydrogens is 258 g/mol. The fraction of sp³-hybridized carbons (Fsp3) is 0.214. The van der Waals surface area contributed by atoms with E-state index in [0.29, 0.717) is 17.8 Å². The number of amides is 3. The molecule has 1 aromatic carbocycles. The van der Waals surface area contributed by atoms with Gasteiger partial charge in [0.1, 0.15) is 6.04 Å². The first-order valence-corrected chi connectivity index (χ1v) is 6.20. The van der Waals surface area contributed by atoms with Crippen molar-refractivity contribution in [3.05, 3.63) is 42.5 Å². The maximum Gasteiger partial charge on any atom is 0.254 e. The Bertz CT molecular complexity index is 569. The lowest BCUT2D eigenvalue weighted by atomic mass is 10.1. The van der Waals surface area contributed by atoms with E-state index in [1.54, 1.807) is 30.3 Å². The van der Waals surface area contributed by atoms with Crippen LogP contribution in [-0.4, -0.2) is 30.3 Å². The Morgan fingerprint density at radius 1 is 1.35 bits per heavy atom. The van der Waals surface area contributed by atoms with Gasteiger partial charge in [0.25, 0.3) is 5.91 Å². The lowest BCUT2D eigenvalue weighted by Crippen LogP contribution is -2.44. The first kappa shape index (κ1) is 13.8. The Balaban J connectivity index is 2.11. The molecule has 0 saturated carbocycles. The van der Waals surface area contributed by atoms with Gasteiger partial charge in [0.2, 0.25) is 11.8 Å². The zero-order valence-electron chi connectivity index (χ0n) is 10.8. The summed E-state index contributed by atoms with van der Waals surface area (Å²) >= 11 is 0. The molecule has 0 aliphatic carbocycles. The van der Waals surface area contributed by atoms with Crippen molar-refractivity contribution in [2.75, 3.05) is 11.9 Å². The maximum atomic E-state index is 12.0. The molecule has 1 aromatic rings. The van der Waals surface area contributed by atoms with Crippen molar-refractivity contribution < 1.29 is 14.4 Å². The molecule has 6 nitrogen and oxygen atoms in total. The van der Waals surface area contributed by atoms with Crippen molar-refractivity contribution in [2.45, 2.75) is 12.5 Å². The van der Waals surface area contributed by atoms with Crippen molar-refractivity contribution in [1.82, 2.24) is 10.6 Å². The summed E-state index contributed by atoms with van der Waals surface area (Å²) in [4.78, 5) is 35.6. The standard InChI is InChI=1S/C14H15N3O3/c1-2-7-15-12(18)8-11-14(20)16-10-6-4-3-5-9(10)13(19)17-11/h2-6,11H,1,7-8H2,(H,15,18)(H,16,20)(H,17,19)/t11-/m0/s1. The normalized spacial score (nSPS) is 17.3. The fourth-order valence-corrected chi connectivity index (χ4v) is 1.90. The minimum absolute atomic E-state index is 0.112. The summed E-state index contributed by atoms with van der Waals surface area (Å²) < 4.78 is 0.